The van der Waals surface area contributed by atoms with Gasteiger partial charge in [-0.3, -0.25) is 0 Å². The third kappa shape index (κ3) is 3.52. The number of para-hydroxylation sites is 1. The lowest BCUT2D eigenvalue weighted by Crippen LogP contribution is -2.17. The van der Waals surface area contributed by atoms with Crippen LogP contribution in [0, 0.1) is 13.8 Å². The summed E-state index contributed by atoms with van der Waals surface area (Å²) in [7, 11) is -2.88. The van der Waals surface area contributed by atoms with Crippen LogP contribution in [0.25, 0.3) is 0 Å². The number of hydrogen-bond acceptors (Lipinski definition) is 3. The van der Waals surface area contributed by atoms with E-state index in [1.165, 1.54) is 0 Å². The van der Waals surface area contributed by atoms with E-state index in [0.717, 1.165) is 16.8 Å². The molecule has 0 radical (unpaired) electrons. The summed E-state index contributed by atoms with van der Waals surface area (Å²) in [5.74, 6) is 0.401. The molecule has 0 atom stereocenters. The summed E-state index contributed by atoms with van der Waals surface area (Å²) in [5.41, 5.74) is 3.34. The Morgan fingerprint density at radius 1 is 1.19 bits per heavy atom. The molecule has 0 unspecified atom stereocenters. The van der Waals surface area contributed by atoms with Crippen molar-refractivity contribution in [1.82, 2.24) is 0 Å². The minimum Gasteiger partial charge on any atom is -0.384 e. The zero-order chi connectivity index (χ0) is 12.2. The SMILES string of the molecule is CCS(=O)(=O)CCNc1c(C)cccc1C. The van der Waals surface area contributed by atoms with Crippen molar-refractivity contribution in [2.24, 2.45) is 0 Å². The van der Waals surface area contributed by atoms with Crippen molar-refractivity contribution in [3.63, 3.8) is 0 Å². The van der Waals surface area contributed by atoms with E-state index in [2.05, 4.69) is 5.32 Å². The first-order valence-electron chi connectivity index (χ1n) is 5.47. The van der Waals surface area contributed by atoms with Gasteiger partial charge in [-0.15, -0.1) is 0 Å². The van der Waals surface area contributed by atoms with E-state index < -0.39 is 9.84 Å². The number of aryl methyl sites for hydroxylation is 2. The van der Waals surface area contributed by atoms with Gasteiger partial charge in [0, 0.05) is 18.0 Å². The van der Waals surface area contributed by atoms with Gasteiger partial charge in [-0.2, -0.15) is 0 Å². The molecule has 0 aliphatic carbocycles. The van der Waals surface area contributed by atoms with Crippen LogP contribution in [0.4, 0.5) is 5.69 Å². The van der Waals surface area contributed by atoms with Crippen LogP contribution in [0.5, 0.6) is 0 Å². The summed E-state index contributed by atoms with van der Waals surface area (Å²) in [6.45, 7) is 6.18. The molecule has 0 fully saturated rings. The lowest BCUT2D eigenvalue weighted by Gasteiger charge is -2.12. The monoisotopic (exact) mass is 241 g/mol. The van der Waals surface area contributed by atoms with E-state index in [1.807, 2.05) is 32.0 Å². The van der Waals surface area contributed by atoms with Gasteiger partial charge in [0.1, 0.15) is 0 Å². The Hall–Kier alpha value is -1.03. The molecule has 1 aromatic carbocycles. The summed E-state index contributed by atoms with van der Waals surface area (Å²) < 4.78 is 22.6. The number of rotatable bonds is 5. The highest BCUT2D eigenvalue weighted by molar-refractivity contribution is 7.91. The van der Waals surface area contributed by atoms with Crippen molar-refractivity contribution in [2.75, 3.05) is 23.4 Å². The number of benzene rings is 1. The first-order chi connectivity index (χ1) is 7.46. The number of anilines is 1. The van der Waals surface area contributed by atoms with Crippen molar-refractivity contribution in [3.05, 3.63) is 29.3 Å². The Labute approximate surface area is 97.8 Å². The molecule has 16 heavy (non-hydrogen) atoms. The third-order valence-corrected chi connectivity index (χ3v) is 4.34. The van der Waals surface area contributed by atoms with Crippen LogP contribution < -0.4 is 5.32 Å². The van der Waals surface area contributed by atoms with Gasteiger partial charge in [0.2, 0.25) is 0 Å². The zero-order valence-electron chi connectivity index (χ0n) is 10.1. The van der Waals surface area contributed by atoms with Gasteiger partial charge in [-0.05, 0) is 25.0 Å². The van der Waals surface area contributed by atoms with E-state index in [9.17, 15) is 8.42 Å². The number of hydrogen-bond donors (Lipinski definition) is 1. The van der Waals surface area contributed by atoms with Crippen LogP contribution in [-0.4, -0.2) is 26.5 Å². The zero-order valence-corrected chi connectivity index (χ0v) is 10.9. The van der Waals surface area contributed by atoms with E-state index in [0.29, 0.717) is 6.54 Å². The fourth-order valence-corrected chi connectivity index (χ4v) is 2.27. The molecule has 0 heterocycles. The van der Waals surface area contributed by atoms with Crippen molar-refractivity contribution in [1.29, 1.82) is 0 Å². The predicted octanol–water partition coefficient (Wildman–Crippen LogP) is 2.15. The van der Waals surface area contributed by atoms with Crippen molar-refractivity contribution < 1.29 is 8.42 Å². The molecule has 1 rings (SSSR count). The lowest BCUT2D eigenvalue weighted by atomic mass is 10.1. The Balaban J connectivity index is 2.62. The summed E-state index contributed by atoms with van der Waals surface area (Å²) in [6, 6.07) is 6.03. The number of nitrogens with one attached hydrogen (secondary N) is 1. The molecule has 0 bridgehead atoms. The number of sulfone groups is 1. The molecule has 1 aromatic rings. The maximum absolute atomic E-state index is 11.3. The van der Waals surface area contributed by atoms with Gasteiger partial charge in [0.25, 0.3) is 0 Å². The normalized spacial score (nSPS) is 11.4. The molecule has 3 nitrogen and oxygen atoms in total. The molecule has 0 aromatic heterocycles. The van der Waals surface area contributed by atoms with Gasteiger partial charge in [-0.1, -0.05) is 25.1 Å². The van der Waals surface area contributed by atoms with Crippen LogP contribution in [0.3, 0.4) is 0 Å². The van der Waals surface area contributed by atoms with E-state index in [4.69, 9.17) is 0 Å². The molecule has 0 spiro atoms. The average molecular weight is 241 g/mol. The summed E-state index contributed by atoms with van der Waals surface area (Å²) in [5, 5.41) is 3.19. The molecule has 90 valence electrons. The Morgan fingerprint density at radius 3 is 2.25 bits per heavy atom. The third-order valence-electron chi connectivity index (χ3n) is 2.64. The second kappa shape index (κ2) is 5.34. The van der Waals surface area contributed by atoms with Gasteiger partial charge in [0.15, 0.2) is 9.84 Å². The topological polar surface area (TPSA) is 46.2 Å². The van der Waals surface area contributed by atoms with Crippen LogP contribution in [0.2, 0.25) is 0 Å². The Kier molecular flexibility index (Phi) is 4.35. The first-order valence-corrected chi connectivity index (χ1v) is 7.29. The summed E-state index contributed by atoms with van der Waals surface area (Å²) in [4.78, 5) is 0. The largest absolute Gasteiger partial charge is 0.384 e. The van der Waals surface area contributed by atoms with Gasteiger partial charge in [0.05, 0.1) is 5.75 Å². The maximum Gasteiger partial charge on any atom is 0.151 e. The van der Waals surface area contributed by atoms with E-state index >= 15 is 0 Å². The minimum atomic E-state index is -2.88. The molecule has 4 heteroatoms. The smallest absolute Gasteiger partial charge is 0.151 e. The van der Waals surface area contributed by atoms with Crippen LogP contribution in [-0.2, 0) is 9.84 Å². The lowest BCUT2D eigenvalue weighted by molar-refractivity contribution is 0.597. The molecule has 0 aliphatic heterocycles. The Morgan fingerprint density at radius 2 is 1.75 bits per heavy atom. The minimum absolute atomic E-state index is 0.192. The second-order valence-corrected chi connectivity index (χ2v) is 6.40. The summed E-state index contributed by atoms with van der Waals surface area (Å²) >= 11 is 0. The molecular formula is C12H19NO2S. The highest BCUT2D eigenvalue weighted by Gasteiger charge is 2.07. The molecular weight excluding hydrogens is 222 g/mol. The first kappa shape index (κ1) is 13.0. The summed E-state index contributed by atoms with van der Waals surface area (Å²) in [6.07, 6.45) is 0. The second-order valence-electron chi connectivity index (χ2n) is 3.93. The molecule has 0 saturated heterocycles. The van der Waals surface area contributed by atoms with Gasteiger partial charge < -0.3 is 5.32 Å². The average Bonchev–Trinajstić information content (AvgIpc) is 2.22. The van der Waals surface area contributed by atoms with E-state index in [-0.39, 0.29) is 11.5 Å². The van der Waals surface area contributed by atoms with E-state index in [1.54, 1.807) is 6.92 Å². The van der Waals surface area contributed by atoms with Crippen molar-refractivity contribution in [2.45, 2.75) is 20.8 Å². The standard InChI is InChI=1S/C12H19NO2S/c1-4-16(14,15)9-8-13-12-10(2)6-5-7-11(12)3/h5-7,13H,4,8-9H2,1-3H3. The van der Waals surface area contributed by atoms with Gasteiger partial charge >= 0.3 is 0 Å². The highest BCUT2D eigenvalue weighted by atomic mass is 32.2. The molecule has 0 aliphatic rings. The Bertz CT molecular complexity index is 432. The van der Waals surface area contributed by atoms with Crippen LogP contribution >= 0.6 is 0 Å². The maximum atomic E-state index is 11.3. The van der Waals surface area contributed by atoms with Crippen molar-refractivity contribution >= 4 is 15.5 Å². The molecule has 1 N–H and O–H groups in total. The fraction of sp³-hybridized carbons (Fsp3) is 0.500. The predicted molar refractivity (Wildman–Crippen MR) is 68.7 cm³/mol. The fourth-order valence-electron chi connectivity index (χ4n) is 1.57. The molecule has 0 amide bonds. The van der Waals surface area contributed by atoms with Crippen LogP contribution in [0.1, 0.15) is 18.1 Å². The van der Waals surface area contributed by atoms with Gasteiger partial charge in [-0.25, -0.2) is 8.42 Å². The van der Waals surface area contributed by atoms with Crippen molar-refractivity contribution in [3.8, 4) is 0 Å². The molecule has 0 saturated carbocycles. The van der Waals surface area contributed by atoms with Crippen LogP contribution in [0.15, 0.2) is 18.2 Å². The highest BCUT2D eigenvalue weighted by Crippen LogP contribution is 2.18. The quantitative estimate of drug-likeness (QED) is 0.859.